The lowest BCUT2D eigenvalue weighted by Gasteiger charge is -2.46. The van der Waals surface area contributed by atoms with Gasteiger partial charge < -0.3 is 0 Å². The molecular formula is C7HCl13. The first-order valence-electron chi connectivity index (χ1n) is 4.31. The molecule has 0 saturated heterocycles. The smallest absolute Gasteiger partial charge is 0.116 e. The predicted molar refractivity (Wildman–Crippen MR) is 96.3 cm³/mol. The number of halogens is 13. The lowest BCUT2D eigenvalue weighted by atomic mass is 10.1. The van der Waals surface area contributed by atoms with E-state index in [0.29, 0.717) is 0 Å². The van der Waals surface area contributed by atoms with E-state index in [4.69, 9.17) is 151 Å². The Morgan fingerprint density at radius 1 is 0.400 bits per heavy atom. The van der Waals surface area contributed by atoms with Gasteiger partial charge in [0.1, 0.15) is 5.38 Å². The molecule has 20 heavy (non-hydrogen) atoms. The fourth-order valence-corrected chi connectivity index (χ4v) is 6.30. The van der Waals surface area contributed by atoms with Gasteiger partial charge in [0, 0.05) is 0 Å². The molecule has 0 nitrogen and oxygen atoms in total. The topological polar surface area (TPSA) is 0 Å². The molecule has 0 unspecified atom stereocenters. The summed E-state index contributed by atoms with van der Waals surface area (Å²) in [5.41, 5.74) is 0. The quantitative estimate of drug-likeness (QED) is 0.217. The molecule has 1 saturated carbocycles. The Labute approximate surface area is 180 Å². The minimum atomic E-state index is -2.52. The van der Waals surface area contributed by atoms with Crippen molar-refractivity contribution in [1.29, 1.82) is 0 Å². The molecule has 0 aliphatic heterocycles. The maximum Gasteiger partial charge on any atom is 0.189 e. The summed E-state index contributed by atoms with van der Waals surface area (Å²) >= 11 is 78.5. The minimum Gasteiger partial charge on any atom is -0.116 e. The number of alkyl halides is 13. The van der Waals surface area contributed by atoms with Crippen molar-refractivity contribution in [2.24, 2.45) is 0 Å². The molecule has 0 amide bonds. The zero-order chi connectivity index (χ0) is 16.6. The molecule has 1 aliphatic rings. The highest BCUT2D eigenvalue weighted by Gasteiger charge is 2.83. The third-order valence-electron chi connectivity index (χ3n) is 2.66. The van der Waals surface area contributed by atoms with E-state index in [9.17, 15) is 0 Å². The van der Waals surface area contributed by atoms with Gasteiger partial charge in [-0.05, 0) is 0 Å². The zero-order valence-corrected chi connectivity index (χ0v) is 18.3. The monoisotopic (exact) mass is 540 g/mol. The molecule has 0 N–H and O–H groups in total. The van der Waals surface area contributed by atoms with Gasteiger partial charge in [-0.1, -0.05) is 139 Å². The third kappa shape index (κ3) is 2.54. The van der Waals surface area contributed by atoms with Gasteiger partial charge in [-0.15, -0.1) is 11.6 Å². The normalized spacial score (nSPS) is 33.5. The van der Waals surface area contributed by atoms with E-state index in [2.05, 4.69) is 0 Å². The summed E-state index contributed by atoms with van der Waals surface area (Å²) in [6.45, 7) is 0. The molecule has 0 radical (unpaired) electrons. The van der Waals surface area contributed by atoms with E-state index in [-0.39, 0.29) is 0 Å². The lowest BCUT2D eigenvalue weighted by molar-refractivity contribution is 0.553. The summed E-state index contributed by atoms with van der Waals surface area (Å²) in [6.07, 6.45) is 0. The molecule has 1 fully saturated rings. The second-order valence-electron chi connectivity index (χ2n) is 3.91. The zero-order valence-electron chi connectivity index (χ0n) is 8.49. The van der Waals surface area contributed by atoms with E-state index in [1.807, 2.05) is 0 Å². The molecule has 0 aromatic heterocycles. The van der Waals surface area contributed by atoms with Crippen molar-refractivity contribution < 1.29 is 0 Å². The SMILES string of the molecule is ClC1C(Cl)(Cl)C(Cl)(Cl)C(Cl)(Cl)C(Cl)(Cl)C(Cl)(Cl)C1(Cl)Cl. The highest BCUT2D eigenvalue weighted by atomic mass is 35.6. The van der Waals surface area contributed by atoms with Gasteiger partial charge in [-0.2, -0.15) is 0 Å². The molecule has 13 heteroatoms. The largest absolute Gasteiger partial charge is 0.189 e. The molecule has 0 aromatic carbocycles. The average Bonchev–Trinajstić information content (AvgIpc) is 2.25. The number of hydrogen-bond acceptors (Lipinski definition) is 0. The summed E-state index contributed by atoms with van der Waals surface area (Å²) in [5.74, 6) is 0. The van der Waals surface area contributed by atoms with Crippen LogP contribution >= 0.6 is 151 Å². The summed E-state index contributed by atoms with van der Waals surface area (Å²) in [5, 5.41) is -1.66. The highest BCUT2D eigenvalue weighted by molar-refractivity contribution is 6.80. The van der Waals surface area contributed by atoms with Crippen LogP contribution in [0.2, 0.25) is 0 Å². The molecule has 0 spiro atoms. The van der Waals surface area contributed by atoms with Crippen LogP contribution in [0.4, 0.5) is 0 Å². The Morgan fingerprint density at radius 2 is 0.600 bits per heavy atom. The summed E-state index contributed by atoms with van der Waals surface area (Å²) in [4.78, 5) is 0. The Balaban J connectivity index is 3.83. The van der Waals surface area contributed by atoms with Crippen LogP contribution in [0.15, 0.2) is 0 Å². The Bertz CT molecular complexity index is 369. The maximum atomic E-state index is 6.05. The summed E-state index contributed by atoms with van der Waals surface area (Å²) < 4.78 is -14.6. The molecular weight excluding hydrogens is 545 g/mol. The highest BCUT2D eigenvalue weighted by Crippen LogP contribution is 2.74. The van der Waals surface area contributed by atoms with Gasteiger partial charge in [0.2, 0.25) is 0 Å². The van der Waals surface area contributed by atoms with Crippen molar-refractivity contribution in [2.45, 2.75) is 31.4 Å². The van der Waals surface area contributed by atoms with Crippen LogP contribution in [-0.4, -0.2) is 31.4 Å². The van der Waals surface area contributed by atoms with Gasteiger partial charge in [0.15, 0.2) is 26.0 Å². The molecule has 0 bridgehead atoms. The van der Waals surface area contributed by atoms with Crippen molar-refractivity contribution in [2.75, 3.05) is 0 Å². The van der Waals surface area contributed by atoms with Crippen molar-refractivity contribution in [3.8, 4) is 0 Å². The van der Waals surface area contributed by atoms with E-state index in [0.717, 1.165) is 0 Å². The van der Waals surface area contributed by atoms with Crippen LogP contribution in [0.1, 0.15) is 0 Å². The van der Waals surface area contributed by atoms with Gasteiger partial charge in [0.05, 0.1) is 0 Å². The van der Waals surface area contributed by atoms with E-state index < -0.39 is 31.4 Å². The predicted octanol–water partition coefficient (Wildman–Crippen LogP) is 7.65. The first-order valence-corrected chi connectivity index (χ1v) is 9.29. The van der Waals surface area contributed by atoms with Crippen LogP contribution in [0, 0.1) is 0 Å². The second-order valence-corrected chi connectivity index (χ2v) is 12.4. The van der Waals surface area contributed by atoms with Gasteiger partial charge in [-0.25, -0.2) is 0 Å². The summed E-state index contributed by atoms with van der Waals surface area (Å²) in [7, 11) is 0. The van der Waals surface area contributed by atoms with Gasteiger partial charge >= 0.3 is 0 Å². The van der Waals surface area contributed by atoms with Crippen molar-refractivity contribution in [3.05, 3.63) is 0 Å². The number of rotatable bonds is 0. The Morgan fingerprint density at radius 3 is 0.800 bits per heavy atom. The Hall–Kier alpha value is 3.77. The first kappa shape index (κ1) is 21.8. The third-order valence-corrected chi connectivity index (χ3v) is 12.3. The van der Waals surface area contributed by atoms with Gasteiger partial charge in [0.25, 0.3) is 0 Å². The number of hydrogen-bond donors (Lipinski definition) is 0. The fraction of sp³-hybridized carbons (Fsp3) is 1.00. The molecule has 120 valence electrons. The van der Waals surface area contributed by atoms with E-state index in [1.54, 1.807) is 0 Å². The van der Waals surface area contributed by atoms with Crippen molar-refractivity contribution in [1.82, 2.24) is 0 Å². The van der Waals surface area contributed by atoms with Crippen LogP contribution in [0.5, 0.6) is 0 Å². The molecule has 0 atom stereocenters. The lowest BCUT2D eigenvalue weighted by Crippen LogP contribution is -2.61. The van der Waals surface area contributed by atoms with Crippen molar-refractivity contribution in [3.63, 3.8) is 0 Å². The average molecular weight is 546 g/mol. The standard InChI is InChI=1S/C7HCl13/c8-1-2(9,10)4(13,14)6(17,18)7(19,20)5(15,16)3(1,11)12/h1H. The van der Waals surface area contributed by atoms with Crippen LogP contribution in [0.3, 0.4) is 0 Å². The fourth-order valence-electron chi connectivity index (χ4n) is 1.36. The first-order chi connectivity index (χ1) is 8.40. The van der Waals surface area contributed by atoms with E-state index >= 15 is 0 Å². The maximum absolute atomic E-state index is 6.05. The molecule has 0 aromatic rings. The molecule has 1 aliphatic carbocycles. The van der Waals surface area contributed by atoms with E-state index in [1.165, 1.54) is 0 Å². The van der Waals surface area contributed by atoms with Crippen LogP contribution in [-0.2, 0) is 0 Å². The van der Waals surface area contributed by atoms with Crippen LogP contribution in [0.25, 0.3) is 0 Å². The summed E-state index contributed by atoms with van der Waals surface area (Å²) in [6, 6.07) is 0. The Kier molecular flexibility index (Phi) is 6.43. The molecule has 0 heterocycles. The van der Waals surface area contributed by atoms with Gasteiger partial charge in [-0.3, -0.25) is 0 Å². The molecule has 1 rings (SSSR count). The minimum absolute atomic E-state index is 1.66. The second kappa shape index (κ2) is 5.90. The van der Waals surface area contributed by atoms with Crippen LogP contribution < -0.4 is 0 Å². The van der Waals surface area contributed by atoms with Crippen molar-refractivity contribution >= 4 is 151 Å².